The average molecular weight is 1450 g/mol. The first kappa shape index (κ1) is 70.2. The van der Waals surface area contributed by atoms with Gasteiger partial charge in [0.1, 0.15) is 70.6 Å². The van der Waals surface area contributed by atoms with Gasteiger partial charge in [-0.05, 0) is 156 Å². The predicted molar refractivity (Wildman–Crippen MR) is 407 cm³/mol. The van der Waals surface area contributed by atoms with Crippen LogP contribution in [-0.2, 0) is 0 Å². The number of benzene rings is 9. The summed E-state index contributed by atoms with van der Waals surface area (Å²) >= 11 is 2.94. The van der Waals surface area contributed by atoms with Crippen LogP contribution in [0, 0.1) is 0 Å². The summed E-state index contributed by atoms with van der Waals surface area (Å²) in [5, 5.41) is 42.5. The van der Waals surface area contributed by atoms with Gasteiger partial charge in [-0.3, -0.25) is 28.1 Å². The molecule has 6 aromatic heterocycles. The van der Waals surface area contributed by atoms with Gasteiger partial charge in [-0.25, -0.2) is 14.4 Å². The molecule has 0 unspecified atom stereocenters. The van der Waals surface area contributed by atoms with E-state index in [1.807, 2.05) is 91.0 Å². The summed E-state index contributed by atoms with van der Waals surface area (Å²) in [6.07, 6.45) is 0. The second kappa shape index (κ2) is 30.5. The van der Waals surface area contributed by atoms with Crippen LogP contribution >= 0.6 is 35.3 Å². The minimum atomic E-state index is -0.770. The van der Waals surface area contributed by atoms with E-state index in [2.05, 4.69) is 0 Å². The number of nitrogen functional groups attached to an aromatic ring is 2. The third-order valence-corrected chi connectivity index (χ3v) is 19.7. The predicted octanol–water partition coefficient (Wildman–Crippen LogP) is 15.3. The van der Waals surface area contributed by atoms with E-state index in [1.54, 1.807) is 173 Å². The molecule has 0 aliphatic carbocycles. The minimum Gasteiger partial charge on any atom is -0.508 e. The molecule has 0 amide bonds. The van der Waals surface area contributed by atoms with Crippen LogP contribution in [0.2, 0.25) is 0 Å². The smallest absolute Gasteiger partial charge is 0.354 e. The second-order valence-electron chi connectivity index (χ2n) is 23.1. The Morgan fingerprint density at radius 1 is 0.324 bits per heavy atom. The molecular weight excluding hydrogens is 1400 g/mol. The summed E-state index contributed by atoms with van der Waals surface area (Å²) in [7, 11) is 4.68. The number of hydrogen-bond donors (Lipinski definition) is 6. The standard InChI is InChI=1S/2C27H20N2O5S.C27H19NO6S/c1-33-19-12-10-18(11-13-19)29-21(16-6-3-2-4-7-16)15-22-23(26(29)31)24(30)25(27(32)34-22)35-20-9-5-8-17(28)14-20;1-33-19-11-9-18(10-12-19)29-21(16-5-3-2-4-6-16)15-22-23(26(29)31)24(30)25(27(32)34-22)35-20-13-7-17(28)8-14-20;1-33-19-11-7-17(8-12-19)28-21(16-5-3-2-4-6-16)15-22-23(26(28)31)24(30)25(27(32)34-22)35-20-13-9-18(29)10-14-20/h2*2-15,30H,28H2,1H3;2-15,29-30H,1H3. The average Bonchev–Trinajstić information content (AvgIpc) is 0.756. The van der Waals surface area contributed by atoms with Crippen molar-refractivity contribution in [2.45, 2.75) is 29.4 Å². The van der Waals surface area contributed by atoms with E-state index in [1.165, 1.54) is 25.8 Å². The van der Waals surface area contributed by atoms with E-state index in [-0.39, 0.29) is 53.3 Å². The lowest BCUT2D eigenvalue weighted by Crippen LogP contribution is -2.21. The maximum absolute atomic E-state index is 13.8. The number of aromatic nitrogens is 3. The van der Waals surface area contributed by atoms with Crippen molar-refractivity contribution in [1.29, 1.82) is 0 Å². The zero-order valence-electron chi connectivity index (χ0n) is 55.7. The number of nitrogens with two attached hydrogens (primary N) is 2. The molecule has 0 fully saturated rings. The molecule has 15 aromatic rings. The number of anilines is 2. The Hall–Kier alpha value is -13.3. The highest BCUT2D eigenvalue weighted by Crippen LogP contribution is 2.41. The molecule has 0 atom stereocenters. The molecule has 0 saturated carbocycles. The van der Waals surface area contributed by atoms with Crippen molar-refractivity contribution in [2.75, 3.05) is 32.8 Å². The van der Waals surface area contributed by atoms with Gasteiger partial charge < -0.3 is 59.4 Å². The summed E-state index contributed by atoms with van der Waals surface area (Å²) < 4.78 is 36.8. The zero-order valence-corrected chi connectivity index (χ0v) is 58.1. The van der Waals surface area contributed by atoms with Crippen molar-refractivity contribution in [2.24, 2.45) is 0 Å². The fraction of sp³-hybridized carbons (Fsp3) is 0.0370. The molecular formula is C81H59N5O16S3. The lowest BCUT2D eigenvalue weighted by Gasteiger charge is -2.16. The quantitative estimate of drug-likeness (QED) is 0.0519. The Morgan fingerprint density at radius 3 is 0.933 bits per heavy atom. The van der Waals surface area contributed by atoms with Crippen LogP contribution in [0.1, 0.15) is 0 Å². The molecule has 0 saturated heterocycles. The normalized spacial score (nSPS) is 11.0. The highest BCUT2D eigenvalue weighted by atomic mass is 32.2. The van der Waals surface area contributed by atoms with E-state index >= 15 is 0 Å². The van der Waals surface area contributed by atoms with Crippen LogP contribution in [0.3, 0.4) is 0 Å². The second-order valence-corrected chi connectivity index (χ2v) is 26.3. The number of fused-ring (bicyclic) bond motifs is 3. The van der Waals surface area contributed by atoms with Crippen molar-refractivity contribution < 1.29 is 47.9 Å². The summed E-state index contributed by atoms with van der Waals surface area (Å²) in [5.41, 5.74) is 14.2. The highest BCUT2D eigenvalue weighted by molar-refractivity contribution is 8.00. The highest BCUT2D eigenvalue weighted by Gasteiger charge is 2.27. The lowest BCUT2D eigenvalue weighted by molar-refractivity contribution is 0.414. The minimum absolute atomic E-state index is 0.00181. The van der Waals surface area contributed by atoms with Crippen LogP contribution in [0.15, 0.2) is 326 Å². The SMILES string of the molecule is COc1ccc(-n2c(-c3ccccc3)cc3oc(=O)c(Sc4ccc(N)cc4)c(O)c3c2=O)cc1.COc1ccc(-n2c(-c3ccccc3)cc3oc(=O)c(Sc4ccc(O)cc4)c(O)c3c2=O)cc1.COc1ccc(-n2c(-c3ccccc3)cc3oc(=O)c(Sc4cccc(N)c4)c(O)c3c2=O)cc1. The molecule has 24 heteroatoms. The van der Waals surface area contributed by atoms with Gasteiger partial charge in [0.25, 0.3) is 16.7 Å². The van der Waals surface area contributed by atoms with Crippen molar-refractivity contribution in [3.05, 3.63) is 317 Å². The van der Waals surface area contributed by atoms with Gasteiger partial charge >= 0.3 is 16.9 Å². The van der Waals surface area contributed by atoms with E-state index in [0.717, 1.165) is 52.0 Å². The number of hydrogen-bond acceptors (Lipinski definition) is 21. The van der Waals surface area contributed by atoms with Crippen molar-refractivity contribution in [3.63, 3.8) is 0 Å². The topological polar surface area (TPSA) is 317 Å². The Balaban J connectivity index is 0.000000140. The summed E-state index contributed by atoms with van der Waals surface area (Å²) in [6, 6.07) is 73.2. The molecule has 0 spiro atoms. The first-order valence-electron chi connectivity index (χ1n) is 31.9. The first-order valence-corrected chi connectivity index (χ1v) is 34.3. The van der Waals surface area contributed by atoms with Gasteiger partial charge in [-0.2, -0.15) is 0 Å². The molecule has 105 heavy (non-hydrogen) atoms. The van der Waals surface area contributed by atoms with Gasteiger partial charge in [0, 0.05) is 61.3 Å². The van der Waals surface area contributed by atoms with Crippen molar-refractivity contribution in [3.8, 4) is 91.1 Å². The van der Waals surface area contributed by atoms with Crippen LogP contribution in [-0.4, -0.2) is 55.5 Å². The number of rotatable bonds is 15. The van der Waals surface area contributed by atoms with Gasteiger partial charge in [0.2, 0.25) is 0 Å². The van der Waals surface area contributed by atoms with Gasteiger partial charge in [0.15, 0.2) is 17.2 Å². The molecule has 8 N–H and O–H groups in total. The first-order chi connectivity index (χ1) is 50.9. The van der Waals surface area contributed by atoms with Crippen LogP contribution in [0.5, 0.6) is 40.2 Å². The van der Waals surface area contributed by atoms with Gasteiger partial charge in [-0.15, -0.1) is 0 Å². The van der Waals surface area contributed by atoms with E-state index < -0.39 is 50.8 Å². The molecule has 6 heterocycles. The molecule has 9 aromatic carbocycles. The largest absolute Gasteiger partial charge is 0.508 e. The van der Waals surface area contributed by atoms with Crippen LogP contribution in [0.4, 0.5) is 11.4 Å². The molecule has 522 valence electrons. The van der Waals surface area contributed by atoms with Gasteiger partial charge in [-0.1, -0.05) is 132 Å². The summed E-state index contributed by atoms with van der Waals surface area (Å²) in [5.74, 6) is 0.658. The monoisotopic (exact) mass is 1450 g/mol. The Labute approximate surface area is 607 Å². The van der Waals surface area contributed by atoms with Crippen molar-refractivity contribution in [1.82, 2.24) is 13.7 Å². The molecule has 0 aliphatic rings. The maximum Gasteiger partial charge on any atom is 0.354 e. The van der Waals surface area contributed by atoms with Crippen LogP contribution in [0.25, 0.3) is 83.7 Å². The third kappa shape index (κ3) is 14.7. The van der Waals surface area contributed by atoms with Crippen molar-refractivity contribution >= 4 is 79.6 Å². The molecule has 0 radical (unpaired) electrons. The maximum atomic E-state index is 13.8. The number of phenols is 1. The summed E-state index contributed by atoms with van der Waals surface area (Å²) in [6.45, 7) is 0. The number of pyridine rings is 3. The van der Waals surface area contributed by atoms with Crippen LogP contribution < -0.4 is 59.2 Å². The lowest BCUT2D eigenvalue weighted by atomic mass is 10.1. The Kier molecular flexibility index (Phi) is 20.4. The fourth-order valence-corrected chi connectivity index (χ4v) is 14.0. The number of aromatic hydroxyl groups is 4. The summed E-state index contributed by atoms with van der Waals surface area (Å²) in [4.78, 5) is 81.5. The van der Waals surface area contributed by atoms with E-state index in [9.17, 15) is 49.2 Å². The molecule has 0 aliphatic heterocycles. The Morgan fingerprint density at radius 2 is 0.629 bits per heavy atom. The molecule has 0 bridgehead atoms. The number of nitrogens with zero attached hydrogens (tertiary/aromatic N) is 3. The Bertz CT molecular complexity index is 5880. The molecule has 15 rings (SSSR count). The number of phenolic OH excluding ortho intramolecular Hbond substituents is 1. The molecule has 21 nitrogen and oxygen atoms in total. The third-order valence-electron chi connectivity index (χ3n) is 16.5. The fourth-order valence-electron chi connectivity index (χ4n) is 11.4. The van der Waals surface area contributed by atoms with E-state index in [0.29, 0.717) is 77.5 Å². The number of ether oxygens (including phenoxy) is 3. The number of methoxy groups -OCH3 is 3. The zero-order chi connectivity index (χ0) is 73.6. The van der Waals surface area contributed by atoms with Gasteiger partial charge in [0.05, 0.1) is 38.4 Å². The van der Waals surface area contributed by atoms with E-state index in [4.69, 9.17) is 38.9 Å².